The molecule has 5 heterocycles. The molecule has 4 aromatic rings. The number of hydrogen-bond donors (Lipinski definition) is 16. The summed E-state index contributed by atoms with van der Waals surface area (Å²) < 4.78 is 1.47. The van der Waals surface area contributed by atoms with Crippen LogP contribution in [0.2, 0.25) is 0 Å². The molecular weight excluding hydrogens is 1450 g/mol. The number of carboxylic acids is 3. The standard InChI is InChI=1S/C73H103N17O19S/c1-38(2)61-57(93)30-45(28-47-27-42-12-8-9-14-44(42)32-75-47)65(101)81-51(68(104)86-62(40(4)91)72(108)109)23-25-110-36-55(84-69(105)52(20-22-60(97)98)87-73(5,6)7)71(107)78-39(3)63(99)80-50-18-17-46-35-90(89-88-46)24-11-10-13-43(64(100)85-61)29-56(92)49(19-21-59(95)96)79-58(94)34-76-66(102)53(26-41-15-16-41)82-70(106)54(83-67(50)103)31-48-33-74-37-77-48/h8-9,12,14,27,32-33,35,37-41,43,45,49-55,61-62,87,91H,10-11,13,15-26,28-31,34,36H2,1-7H3,(H,74,77)(H,76,102)(H,78,107)(H,79,94)(H,80,99)(H,81,101)(H,82,106)(H,83,103)(H,84,105)(H,85,100)(H,86,104)(H,95,96)(H,97,98)(H,108,109)/t39-,40?,43+,45+,49-,50-,51-,52-,53-,54-,55-,61-,62-/m0/s1. The summed E-state index contributed by atoms with van der Waals surface area (Å²) in [5.41, 5.74) is 0.175. The van der Waals surface area contributed by atoms with E-state index in [-0.39, 0.29) is 88.2 Å². The average Bonchev–Trinajstić information content (AvgIpc) is 1.74. The van der Waals surface area contributed by atoms with Crippen molar-refractivity contribution in [3.8, 4) is 0 Å². The first-order valence-electron chi connectivity index (χ1n) is 37.0. The van der Waals surface area contributed by atoms with Gasteiger partial charge in [-0.1, -0.05) is 62.6 Å². The zero-order chi connectivity index (χ0) is 80.5. The minimum absolute atomic E-state index is 0.0377. The first-order valence-corrected chi connectivity index (χ1v) is 38.2. The Morgan fingerprint density at radius 1 is 0.718 bits per heavy atom. The zero-order valence-corrected chi connectivity index (χ0v) is 63.6. The van der Waals surface area contributed by atoms with E-state index in [4.69, 9.17) is 0 Å². The lowest BCUT2D eigenvalue weighted by atomic mass is 9.87. The normalized spacial score (nSPS) is 24.6. The molecule has 37 heteroatoms. The molecule has 1 unspecified atom stereocenters. The summed E-state index contributed by atoms with van der Waals surface area (Å²) in [5.74, 6) is -18.9. The highest BCUT2D eigenvalue weighted by molar-refractivity contribution is 7.99. The number of nitrogens with zero attached hydrogens (tertiary/aromatic N) is 5. The lowest BCUT2D eigenvalue weighted by Gasteiger charge is -2.29. The molecule has 1 saturated carbocycles. The highest BCUT2D eigenvalue weighted by atomic mass is 32.2. The zero-order valence-electron chi connectivity index (χ0n) is 62.8. The number of imidazole rings is 1. The summed E-state index contributed by atoms with van der Waals surface area (Å²) in [6.45, 7) is 10.2. The molecule has 4 bridgehead atoms. The SMILES string of the molecule is CC(C)[C@@H]1NC(=O)[C@@H]2CCCCn3cc(nn3)CC[C@H](NC(=O)[C@H](C)NC(=O)[C@@H](NC(=O)[C@H](CCC(=O)O)NC(C)(C)C)CSCC[C@@H](C(=O)N[C@H](C(=O)O)C(C)O)NC(=O)[C@H](Cc3cc4ccccc4cn3)CC1=O)C(=O)N[C@@H](Cc1cnc[nH]1)C(=O)N[C@@H](CC1CC1)C(=O)NCC(=O)N[C@@H](CCC(=O)O)C(=O)C2. The van der Waals surface area contributed by atoms with Gasteiger partial charge in [-0.25, -0.2) is 9.78 Å². The van der Waals surface area contributed by atoms with Crippen molar-refractivity contribution in [2.75, 3.05) is 18.1 Å². The highest BCUT2D eigenvalue weighted by Gasteiger charge is 2.40. The number of H-pyrrole nitrogens is 1. The highest BCUT2D eigenvalue weighted by Crippen LogP contribution is 2.34. The van der Waals surface area contributed by atoms with Crippen molar-refractivity contribution in [2.45, 2.75) is 236 Å². The first kappa shape index (κ1) is 86.9. The molecule has 0 spiro atoms. The number of aromatic amines is 1. The largest absolute Gasteiger partial charge is 0.481 e. The van der Waals surface area contributed by atoms with Crippen LogP contribution in [0, 0.1) is 23.7 Å². The number of carbonyl (C=O) groups is 15. The van der Waals surface area contributed by atoms with Crippen LogP contribution in [-0.4, -0.2) is 229 Å². The summed E-state index contributed by atoms with van der Waals surface area (Å²) >= 11 is 0.933. The molecular formula is C73H103N17O19S. The van der Waals surface area contributed by atoms with Crippen molar-refractivity contribution < 1.29 is 92.3 Å². The van der Waals surface area contributed by atoms with Crippen LogP contribution in [0.25, 0.3) is 10.8 Å². The lowest BCUT2D eigenvalue weighted by molar-refractivity contribution is -0.145. The molecule has 13 atom stereocenters. The van der Waals surface area contributed by atoms with Crippen LogP contribution < -0.4 is 58.5 Å². The molecule has 3 aliphatic rings. The van der Waals surface area contributed by atoms with Crippen LogP contribution in [0.15, 0.2) is 55.2 Å². The van der Waals surface area contributed by atoms with Crippen molar-refractivity contribution in [2.24, 2.45) is 23.7 Å². The van der Waals surface area contributed by atoms with Crippen LogP contribution in [0.5, 0.6) is 0 Å². The number of amides is 10. The Labute approximate surface area is 639 Å². The number of rotatable bonds is 20. The minimum Gasteiger partial charge on any atom is -0.481 e. The third-order valence-corrected chi connectivity index (χ3v) is 20.1. The van der Waals surface area contributed by atoms with Gasteiger partial charge in [-0.2, -0.15) is 11.8 Å². The number of carboxylic acid groups (broad SMARTS) is 3. The fourth-order valence-corrected chi connectivity index (χ4v) is 13.7. The Bertz CT molecular complexity index is 3940. The Morgan fingerprint density at radius 3 is 2.10 bits per heavy atom. The van der Waals surface area contributed by atoms with Gasteiger partial charge in [-0.15, -0.1) is 5.10 Å². The van der Waals surface area contributed by atoms with E-state index in [9.17, 15) is 78.0 Å². The molecule has 0 saturated heterocycles. The molecule has 110 heavy (non-hydrogen) atoms. The summed E-state index contributed by atoms with van der Waals surface area (Å²) in [7, 11) is 0. The number of Topliss-reactive ketones (excluding diaryl/α,β-unsaturated/α-hetero) is 2. The number of carbonyl (C=O) groups excluding carboxylic acids is 12. The molecule has 2 aliphatic heterocycles. The molecule has 0 radical (unpaired) electrons. The van der Waals surface area contributed by atoms with Crippen LogP contribution >= 0.6 is 11.8 Å². The molecule has 10 amide bonds. The van der Waals surface area contributed by atoms with Crippen molar-refractivity contribution in [3.63, 3.8) is 0 Å². The number of ketones is 2. The number of hydrogen-bond acceptors (Lipinski definition) is 22. The molecule has 36 nitrogen and oxygen atoms in total. The molecule has 1 aliphatic carbocycles. The number of aliphatic hydroxyl groups is 1. The molecule has 1 aromatic carbocycles. The average molecular weight is 1550 g/mol. The van der Waals surface area contributed by atoms with Gasteiger partial charge >= 0.3 is 17.9 Å². The van der Waals surface area contributed by atoms with Crippen molar-refractivity contribution >= 4 is 111 Å². The minimum atomic E-state index is -1.92. The number of aliphatic carboxylic acids is 3. The number of pyridine rings is 1. The predicted molar refractivity (Wildman–Crippen MR) is 396 cm³/mol. The Balaban J connectivity index is 1.34. The molecule has 600 valence electrons. The third kappa shape index (κ3) is 28.3. The van der Waals surface area contributed by atoms with Crippen LogP contribution in [0.1, 0.15) is 155 Å². The molecule has 1 fully saturated rings. The van der Waals surface area contributed by atoms with Gasteiger partial charge in [-0.3, -0.25) is 76.8 Å². The summed E-state index contributed by atoms with van der Waals surface area (Å²) in [6, 6.07) is -6.36. The van der Waals surface area contributed by atoms with Gasteiger partial charge in [0, 0.05) is 97.6 Å². The number of benzene rings is 1. The van der Waals surface area contributed by atoms with Crippen molar-refractivity contribution in [1.29, 1.82) is 0 Å². The van der Waals surface area contributed by atoms with E-state index in [1.165, 1.54) is 24.1 Å². The van der Waals surface area contributed by atoms with Gasteiger partial charge in [0.25, 0.3) is 0 Å². The third-order valence-electron chi connectivity index (χ3n) is 19.0. The molecule has 16 N–H and O–H groups in total. The Kier molecular flexibility index (Phi) is 32.8. The van der Waals surface area contributed by atoms with E-state index in [1.54, 1.807) is 77.3 Å². The second kappa shape index (κ2) is 41.5. The fraction of sp³-hybridized carbons (Fsp3) is 0.603. The summed E-state index contributed by atoms with van der Waals surface area (Å²) in [4.78, 5) is 224. The number of aliphatic hydroxyl groups excluding tert-OH is 1. The van der Waals surface area contributed by atoms with Crippen LogP contribution in [-0.2, 0) is 97.7 Å². The monoisotopic (exact) mass is 1550 g/mol. The quantitative estimate of drug-likeness (QED) is 0.0522. The number of thioether (sulfide) groups is 1. The van der Waals surface area contributed by atoms with Crippen molar-refractivity contribution in [1.82, 2.24) is 88.4 Å². The van der Waals surface area contributed by atoms with E-state index in [1.807, 2.05) is 0 Å². The lowest BCUT2D eigenvalue weighted by Crippen LogP contribution is -2.60. The van der Waals surface area contributed by atoms with E-state index in [0.717, 1.165) is 24.1 Å². The maximum absolute atomic E-state index is 15.2. The van der Waals surface area contributed by atoms with Gasteiger partial charge in [0.15, 0.2) is 17.6 Å². The number of aryl methyl sites for hydroxylation is 2. The molecule has 7 rings (SSSR count). The Hall–Kier alpha value is -10.3. The Morgan fingerprint density at radius 2 is 1.44 bits per heavy atom. The second-order valence-corrected chi connectivity index (χ2v) is 30.9. The first-order chi connectivity index (χ1) is 52.1. The topological polar surface area (TPSA) is 542 Å². The van der Waals surface area contributed by atoms with Crippen molar-refractivity contribution in [3.05, 3.63) is 72.3 Å². The number of fused-ring (bicyclic) bond motifs is 7. The number of aromatic nitrogens is 6. The summed E-state index contributed by atoms with van der Waals surface area (Å²) in [5, 5.41) is 79.4. The fourth-order valence-electron chi connectivity index (χ4n) is 12.7. The number of nitrogens with one attached hydrogen (secondary N) is 12. The van der Waals surface area contributed by atoms with Crippen LogP contribution in [0.3, 0.4) is 0 Å². The van der Waals surface area contributed by atoms with Gasteiger partial charge in [-0.05, 0) is 115 Å². The van der Waals surface area contributed by atoms with E-state index >= 15 is 14.4 Å². The van der Waals surface area contributed by atoms with Crippen LogP contribution in [0.4, 0.5) is 0 Å². The van der Waals surface area contributed by atoms with Gasteiger partial charge in [0.05, 0.1) is 48.7 Å². The van der Waals surface area contributed by atoms with E-state index in [0.29, 0.717) is 35.3 Å². The van der Waals surface area contributed by atoms with Gasteiger partial charge < -0.3 is 83.9 Å². The van der Waals surface area contributed by atoms with E-state index < -0.39 is 217 Å². The van der Waals surface area contributed by atoms with E-state index in [2.05, 4.69) is 83.7 Å². The molecule has 3 aromatic heterocycles. The maximum atomic E-state index is 15.2. The maximum Gasteiger partial charge on any atom is 0.328 e. The predicted octanol–water partition coefficient (Wildman–Crippen LogP) is -0.654. The smallest absolute Gasteiger partial charge is 0.328 e. The summed E-state index contributed by atoms with van der Waals surface area (Å²) in [6.07, 6.45) is 1.82. The van der Waals surface area contributed by atoms with Gasteiger partial charge in [0.1, 0.15) is 36.3 Å². The second-order valence-electron chi connectivity index (χ2n) is 29.8. The van der Waals surface area contributed by atoms with Gasteiger partial charge in [0.2, 0.25) is 59.1 Å².